The molecule has 0 bridgehead atoms. The van der Waals surface area contributed by atoms with E-state index in [0.717, 1.165) is 0 Å². The van der Waals surface area contributed by atoms with Gasteiger partial charge in [0, 0.05) is 29.3 Å². The molecule has 2 aliphatic rings. The van der Waals surface area contributed by atoms with Crippen molar-refractivity contribution in [1.82, 2.24) is 0 Å². The average Bonchev–Trinajstić information content (AvgIpc) is 2.56. The molecule has 23 heavy (non-hydrogen) atoms. The fourth-order valence-corrected chi connectivity index (χ4v) is 5.56. The molecule has 3 rings (SSSR count). The van der Waals surface area contributed by atoms with Gasteiger partial charge in [0.1, 0.15) is 0 Å². The van der Waals surface area contributed by atoms with Crippen LogP contribution in [0.5, 0.6) is 0 Å². The van der Waals surface area contributed by atoms with Gasteiger partial charge >= 0.3 is 0 Å². The standard InChI is InChI=1S/C21H31NS/c1-6-13-23-19-12-8-11-18-15(4)17-10-7-9-16(14(2)3)20(17)22(5)21(18)19/h7,9-10,14-15,18H,6,8,11-13H2,1-5H3. The Hall–Kier alpha value is -0.890. The summed E-state index contributed by atoms with van der Waals surface area (Å²) in [5.41, 5.74) is 6.21. The molecule has 0 saturated heterocycles. The number of nitrogens with zero attached hydrogens (tertiary/aromatic N) is 1. The van der Waals surface area contributed by atoms with Gasteiger partial charge in [0.05, 0.1) is 0 Å². The van der Waals surface area contributed by atoms with E-state index in [2.05, 4.69) is 69.6 Å². The molecular formula is C21H31NS. The highest BCUT2D eigenvalue weighted by Gasteiger charge is 2.38. The predicted octanol–water partition coefficient (Wildman–Crippen LogP) is 6.52. The summed E-state index contributed by atoms with van der Waals surface area (Å²) in [6.45, 7) is 9.39. The third-order valence-electron chi connectivity index (χ3n) is 5.55. The summed E-state index contributed by atoms with van der Waals surface area (Å²) < 4.78 is 0. The third-order valence-corrected chi connectivity index (χ3v) is 6.92. The minimum Gasteiger partial charge on any atom is -0.347 e. The molecule has 0 radical (unpaired) electrons. The van der Waals surface area contributed by atoms with Gasteiger partial charge in [-0.3, -0.25) is 0 Å². The smallest absolute Gasteiger partial charge is 0.0476 e. The van der Waals surface area contributed by atoms with E-state index in [-0.39, 0.29) is 0 Å². The first-order valence-electron chi connectivity index (χ1n) is 9.28. The Bertz CT molecular complexity index is 602. The van der Waals surface area contributed by atoms with Crippen LogP contribution in [0.1, 0.15) is 76.3 Å². The van der Waals surface area contributed by atoms with E-state index in [1.807, 2.05) is 0 Å². The predicted molar refractivity (Wildman–Crippen MR) is 104 cm³/mol. The van der Waals surface area contributed by atoms with Crippen LogP contribution in [-0.4, -0.2) is 12.8 Å². The maximum absolute atomic E-state index is 2.56. The minimum atomic E-state index is 0.576. The van der Waals surface area contributed by atoms with E-state index in [4.69, 9.17) is 0 Å². The number of thioether (sulfide) groups is 1. The normalized spacial score (nSPS) is 24.0. The van der Waals surface area contributed by atoms with Gasteiger partial charge in [0.15, 0.2) is 0 Å². The highest BCUT2D eigenvalue weighted by molar-refractivity contribution is 8.03. The molecule has 1 aromatic carbocycles. The molecule has 1 nitrogen and oxygen atoms in total. The molecular weight excluding hydrogens is 298 g/mol. The monoisotopic (exact) mass is 329 g/mol. The molecule has 1 heterocycles. The van der Waals surface area contributed by atoms with Crippen molar-refractivity contribution in [2.24, 2.45) is 5.92 Å². The van der Waals surface area contributed by atoms with E-state index in [1.165, 1.54) is 42.7 Å². The van der Waals surface area contributed by atoms with Crippen LogP contribution in [0.25, 0.3) is 0 Å². The highest BCUT2D eigenvalue weighted by atomic mass is 32.2. The third kappa shape index (κ3) is 2.95. The number of hydrogen-bond donors (Lipinski definition) is 0. The largest absolute Gasteiger partial charge is 0.347 e. The summed E-state index contributed by atoms with van der Waals surface area (Å²) in [6.07, 6.45) is 5.26. The van der Waals surface area contributed by atoms with Crippen molar-refractivity contribution >= 4 is 17.4 Å². The lowest BCUT2D eigenvalue weighted by molar-refractivity contribution is 0.420. The van der Waals surface area contributed by atoms with E-state index in [1.54, 1.807) is 16.2 Å². The fourth-order valence-electron chi connectivity index (χ4n) is 4.39. The van der Waals surface area contributed by atoms with Crippen LogP contribution in [0.2, 0.25) is 0 Å². The zero-order valence-electron chi connectivity index (χ0n) is 15.4. The van der Waals surface area contributed by atoms with Crippen molar-refractivity contribution in [2.45, 2.75) is 65.2 Å². The van der Waals surface area contributed by atoms with E-state index in [9.17, 15) is 0 Å². The second-order valence-electron chi connectivity index (χ2n) is 7.44. The Morgan fingerprint density at radius 3 is 2.78 bits per heavy atom. The Kier molecular flexibility index (Phi) is 5.10. The highest BCUT2D eigenvalue weighted by Crippen LogP contribution is 2.52. The summed E-state index contributed by atoms with van der Waals surface area (Å²) in [7, 11) is 2.32. The first-order chi connectivity index (χ1) is 11.1. The Balaban J connectivity index is 2.13. The summed E-state index contributed by atoms with van der Waals surface area (Å²) in [4.78, 5) is 4.23. The number of benzene rings is 1. The van der Waals surface area contributed by atoms with Gasteiger partial charge < -0.3 is 4.90 Å². The number of para-hydroxylation sites is 1. The molecule has 0 aromatic heterocycles. The first-order valence-corrected chi connectivity index (χ1v) is 10.3. The fraction of sp³-hybridized carbons (Fsp3) is 0.619. The lowest BCUT2D eigenvalue weighted by atomic mass is 9.74. The molecule has 126 valence electrons. The maximum atomic E-state index is 2.56. The number of anilines is 1. The number of rotatable bonds is 4. The topological polar surface area (TPSA) is 3.24 Å². The SMILES string of the molecule is CCCSC1=C2C(CCC1)C(C)c1cccc(C(C)C)c1N2C. The summed E-state index contributed by atoms with van der Waals surface area (Å²) >= 11 is 2.12. The number of hydrogen-bond acceptors (Lipinski definition) is 2. The quantitative estimate of drug-likeness (QED) is 0.618. The molecule has 0 spiro atoms. The molecule has 0 amide bonds. The van der Waals surface area contributed by atoms with Crippen molar-refractivity contribution in [1.29, 1.82) is 0 Å². The molecule has 0 fully saturated rings. The van der Waals surface area contributed by atoms with Gasteiger partial charge in [0.25, 0.3) is 0 Å². The zero-order chi connectivity index (χ0) is 16.6. The molecule has 0 saturated carbocycles. The first kappa shape index (κ1) is 17.0. The zero-order valence-corrected chi connectivity index (χ0v) is 16.2. The van der Waals surface area contributed by atoms with Crippen molar-refractivity contribution in [2.75, 3.05) is 17.7 Å². The summed E-state index contributed by atoms with van der Waals surface area (Å²) in [5.74, 6) is 3.19. The van der Waals surface area contributed by atoms with Crippen LogP contribution in [0.15, 0.2) is 28.8 Å². The number of fused-ring (bicyclic) bond motifs is 2. The van der Waals surface area contributed by atoms with Gasteiger partial charge in [-0.15, -0.1) is 11.8 Å². The molecule has 1 aromatic rings. The number of allylic oxidation sites excluding steroid dienone is 2. The second kappa shape index (κ2) is 6.93. The Morgan fingerprint density at radius 2 is 2.09 bits per heavy atom. The molecule has 1 aliphatic carbocycles. The summed E-state index contributed by atoms with van der Waals surface area (Å²) in [5, 5.41) is 0. The molecule has 2 atom stereocenters. The van der Waals surface area contributed by atoms with Gasteiger partial charge in [-0.2, -0.15) is 0 Å². The lowest BCUT2D eigenvalue weighted by Gasteiger charge is -2.45. The minimum absolute atomic E-state index is 0.576. The molecule has 1 aliphatic heterocycles. The second-order valence-corrected chi connectivity index (χ2v) is 8.63. The van der Waals surface area contributed by atoms with Crippen LogP contribution < -0.4 is 4.90 Å². The molecule has 2 heteroatoms. The van der Waals surface area contributed by atoms with Crippen molar-refractivity contribution < 1.29 is 0 Å². The van der Waals surface area contributed by atoms with Crippen LogP contribution in [0.3, 0.4) is 0 Å². The van der Waals surface area contributed by atoms with Gasteiger partial charge in [-0.05, 0) is 54.4 Å². The van der Waals surface area contributed by atoms with Gasteiger partial charge in [-0.25, -0.2) is 0 Å². The van der Waals surface area contributed by atoms with E-state index < -0.39 is 0 Å². The van der Waals surface area contributed by atoms with Crippen LogP contribution in [0, 0.1) is 5.92 Å². The lowest BCUT2D eigenvalue weighted by Crippen LogP contribution is -2.35. The average molecular weight is 330 g/mol. The maximum Gasteiger partial charge on any atom is 0.0476 e. The van der Waals surface area contributed by atoms with E-state index >= 15 is 0 Å². The Morgan fingerprint density at radius 1 is 1.30 bits per heavy atom. The Labute approximate surface area is 146 Å². The molecule has 0 N–H and O–H groups in total. The molecule has 2 unspecified atom stereocenters. The van der Waals surface area contributed by atoms with E-state index in [0.29, 0.717) is 17.8 Å². The van der Waals surface area contributed by atoms with Gasteiger partial charge in [0.2, 0.25) is 0 Å². The van der Waals surface area contributed by atoms with Crippen molar-refractivity contribution in [3.63, 3.8) is 0 Å². The van der Waals surface area contributed by atoms with Crippen LogP contribution in [-0.2, 0) is 0 Å². The van der Waals surface area contributed by atoms with Crippen LogP contribution in [0.4, 0.5) is 5.69 Å². The van der Waals surface area contributed by atoms with Gasteiger partial charge in [-0.1, -0.05) is 45.9 Å². The van der Waals surface area contributed by atoms with Crippen molar-refractivity contribution in [3.8, 4) is 0 Å². The summed E-state index contributed by atoms with van der Waals surface area (Å²) in [6, 6.07) is 6.96. The van der Waals surface area contributed by atoms with Crippen molar-refractivity contribution in [3.05, 3.63) is 39.9 Å². The van der Waals surface area contributed by atoms with Crippen LogP contribution >= 0.6 is 11.8 Å².